The molecule has 0 atom stereocenters. The molecule has 2 heterocycles. The van der Waals surface area contributed by atoms with Crippen LogP contribution in [0, 0.1) is 6.92 Å². The average Bonchev–Trinajstić information content (AvgIpc) is 2.18. The normalized spacial score (nSPS) is 10.7. The summed E-state index contributed by atoms with van der Waals surface area (Å²) in [5.74, 6) is 0. The summed E-state index contributed by atoms with van der Waals surface area (Å²) in [6.45, 7) is 3.95. The fraction of sp³-hybridized carbons (Fsp3) is 0.273. The number of pyridine rings is 2. The first-order chi connectivity index (χ1) is 6.72. The molecule has 1 N–H and O–H groups in total. The molecule has 3 nitrogen and oxygen atoms in total. The molecule has 0 spiro atoms. The van der Waals surface area contributed by atoms with E-state index in [-0.39, 0.29) is 5.56 Å². The van der Waals surface area contributed by atoms with E-state index in [0.29, 0.717) is 0 Å². The zero-order valence-corrected chi connectivity index (χ0v) is 8.29. The van der Waals surface area contributed by atoms with Crippen LogP contribution in [0.3, 0.4) is 0 Å². The highest BCUT2D eigenvalue weighted by Gasteiger charge is 2.04. The maximum atomic E-state index is 11.5. The summed E-state index contributed by atoms with van der Waals surface area (Å²) in [4.78, 5) is 18.6. The SMILES string of the molecule is CCc1nc(C)cc2c(=O)[nH]ccc12. The second-order valence-corrected chi connectivity index (χ2v) is 3.33. The fourth-order valence-electron chi connectivity index (χ4n) is 1.67. The van der Waals surface area contributed by atoms with Crippen LogP contribution in [0.4, 0.5) is 0 Å². The lowest BCUT2D eigenvalue weighted by atomic mass is 10.1. The summed E-state index contributed by atoms with van der Waals surface area (Å²) in [6, 6.07) is 3.73. The molecule has 0 fully saturated rings. The number of H-pyrrole nitrogens is 1. The molecule has 0 aliphatic rings. The molecular weight excluding hydrogens is 176 g/mol. The summed E-state index contributed by atoms with van der Waals surface area (Å²) < 4.78 is 0. The number of nitrogens with zero attached hydrogens (tertiary/aromatic N) is 1. The highest BCUT2D eigenvalue weighted by molar-refractivity contribution is 5.83. The third kappa shape index (κ3) is 1.31. The Morgan fingerprint density at radius 3 is 2.93 bits per heavy atom. The second kappa shape index (κ2) is 3.25. The van der Waals surface area contributed by atoms with Crippen LogP contribution in [0.1, 0.15) is 18.3 Å². The van der Waals surface area contributed by atoms with Gasteiger partial charge in [-0.25, -0.2) is 0 Å². The second-order valence-electron chi connectivity index (χ2n) is 3.33. The summed E-state index contributed by atoms with van der Waals surface area (Å²) >= 11 is 0. The maximum Gasteiger partial charge on any atom is 0.255 e. The fourth-order valence-corrected chi connectivity index (χ4v) is 1.67. The molecule has 0 bridgehead atoms. The minimum atomic E-state index is -0.0392. The van der Waals surface area contributed by atoms with E-state index < -0.39 is 0 Å². The lowest BCUT2D eigenvalue weighted by molar-refractivity contribution is 1.02. The molecule has 2 rings (SSSR count). The van der Waals surface area contributed by atoms with Crippen LogP contribution in [0.15, 0.2) is 23.1 Å². The van der Waals surface area contributed by atoms with Crippen molar-refractivity contribution < 1.29 is 0 Å². The lowest BCUT2D eigenvalue weighted by Crippen LogP contribution is -2.07. The van der Waals surface area contributed by atoms with E-state index >= 15 is 0 Å². The van der Waals surface area contributed by atoms with Gasteiger partial charge in [0.2, 0.25) is 0 Å². The van der Waals surface area contributed by atoms with E-state index in [1.165, 1.54) is 0 Å². The molecule has 3 heteroatoms. The van der Waals surface area contributed by atoms with Crippen LogP contribution in [0.2, 0.25) is 0 Å². The first-order valence-electron chi connectivity index (χ1n) is 4.70. The van der Waals surface area contributed by atoms with Gasteiger partial charge in [0.05, 0.1) is 5.39 Å². The van der Waals surface area contributed by atoms with Crippen LogP contribution < -0.4 is 5.56 Å². The van der Waals surface area contributed by atoms with E-state index in [1.807, 2.05) is 26.0 Å². The Hall–Kier alpha value is -1.64. The van der Waals surface area contributed by atoms with E-state index in [9.17, 15) is 4.79 Å². The molecule has 0 unspecified atom stereocenters. The maximum absolute atomic E-state index is 11.5. The minimum absolute atomic E-state index is 0.0392. The van der Waals surface area contributed by atoms with Crippen LogP contribution in [0.5, 0.6) is 0 Å². The number of hydrogen-bond acceptors (Lipinski definition) is 2. The van der Waals surface area contributed by atoms with Gasteiger partial charge in [0, 0.05) is 23.0 Å². The van der Waals surface area contributed by atoms with Gasteiger partial charge in [-0.2, -0.15) is 0 Å². The summed E-state index contributed by atoms with van der Waals surface area (Å²) in [5.41, 5.74) is 1.85. The quantitative estimate of drug-likeness (QED) is 0.741. The van der Waals surface area contributed by atoms with Crippen molar-refractivity contribution in [2.75, 3.05) is 0 Å². The van der Waals surface area contributed by atoms with Gasteiger partial charge in [0.25, 0.3) is 5.56 Å². The number of aryl methyl sites for hydroxylation is 2. The van der Waals surface area contributed by atoms with E-state index in [2.05, 4.69) is 9.97 Å². The van der Waals surface area contributed by atoms with E-state index in [1.54, 1.807) is 6.20 Å². The van der Waals surface area contributed by atoms with Gasteiger partial charge >= 0.3 is 0 Å². The zero-order chi connectivity index (χ0) is 10.1. The van der Waals surface area contributed by atoms with Crippen molar-refractivity contribution in [2.45, 2.75) is 20.3 Å². The summed E-state index contributed by atoms with van der Waals surface area (Å²) in [6.07, 6.45) is 2.52. The third-order valence-electron chi connectivity index (χ3n) is 2.31. The number of rotatable bonds is 1. The Labute approximate surface area is 81.8 Å². The molecule has 0 aliphatic heterocycles. The summed E-state index contributed by atoms with van der Waals surface area (Å²) in [7, 11) is 0. The predicted octanol–water partition coefficient (Wildman–Crippen LogP) is 1.79. The molecule has 72 valence electrons. The Morgan fingerprint density at radius 2 is 2.21 bits per heavy atom. The number of fused-ring (bicyclic) bond motifs is 1. The molecule has 0 radical (unpaired) electrons. The van der Waals surface area contributed by atoms with E-state index in [0.717, 1.165) is 28.6 Å². The van der Waals surface area contributed by atoms with Crippen molar-refractivity contribution in [1.82, 2.24) is 9.97 Å². The standard InChI is InChI=1S/C11H12N2O/c1-3-10-8-4-5-12-11(14)9(8)6-7(2)13-10/h4-6H,3H2,1-2H3,(H,12,14). The van der Waals surface area contributed by atoms with Crippen LogP contribution in [-0.2, 0) is 6.42 Å². The van der Waals surface area contributed by atoms with Gasteiger partial charge < -0.3 is 4.98 Å². The monoisotopic (exact) mass is 188 g/mol. The molecular formula is C11H12N2O. The third-order valence-corrected chi connectivity index (χ3v) is 2.31. The molecule has 2 aromatic heterocycles. The van der Waals surface area contributed by atoms with Crippen molar-refractivity contribution in [3.8, 4) is 0 Å². The minimum Gasteiger partial charge on any atom is -0.329 e. The molecule has 0 aromatic carbocycles. The molecule has 0 aliphatic carbocycles. The first-order valence-corrected chi connectivity index (χ1v) is 4.70. The highest BCUT2D eigenvalue weighted by Crippen LogP contribution is 2.14. The van der Waals surface area contributed by atoms with Crippen molar-refractivity contribution in [3.05, 3.63) is 40.1 Å². The van der Waals surface area contributed by atoms with Crippen LogP contribution in [-0.4, -0.2) is 9.97 Å². The van der Waals surface area contributed by atoms with Crippen LogP contribution >= 0.6 is 0 Å². The van der Waals surface area contributed by atoms with Crippen molar-refractivity contribution in [1.29, 1.82) is 0 Å². The Kier molecular flexibility index (Phi) is 2.08. The van der Waals surface area contributed by atoms with Crippen LogP contribution in [0.25, 0.3) is 10.8 Å². The number of hydrogen-bond donors (Lipinski definition) is 1. The largest absolute Gasteiger partial charge is 0.329 e. The Morgan fingerprint density at radius 1 is 1.43 bits per heavy atom. The van der Waals surface area contributed by atoms with Crippen molar-refractivity contribution >= 4 is 10.8 Å². The molecule has 0 amide bonds. The van der Waals surface area contributed by atoms with Crippen molar-refractivity contribution in [3.63, 3.8) is 0 Å². The lowest BCUT2D eigenvalue weighted by Gasteiger charge is -2.03. The number of aromatic amines is 1. The van der Waals surface area contributed by atoms with Gasteiger partial charge in [0.1, 0.15) is 0 Å². The van der Waals surface area contributed by atoms with Gasteiger partial charge in [0.15, 0.2) is 0 Å². The molecule has 0 saturated carbocycles. The Balaban J connectivity index is 2.95. The van der Waals surface area contributed by atoms with Gasteiger partial charge in [-0.15, -0.1) is 0 Å². The average molecular weight is 188 g/mol. The van der Waals surface area contributed by atoms with E-state index in [4.69, 9.17) is 0 Å². The van der Waals surface area contributed by atoms with Crippen molar-refractivity contribution in [2.24, 2.45) is 0 Å². The van der Waals surface area contributed by atoms with Gasteiger partial charge in [-0.3, -0.25) is 9.78 Å². The van der Waals surface area contributed by atoms with Gasteiger partial charge in [-0.05, 0) is 25.5 Å². The van der Waals surface area contributed by atoms with Gasteiger partial charge in [-0.1, -0.05) is 6.92 Å². The zero-order valence-electron chi connectivity index (χ0n) is 8.29. The number of nitrogens with one attached hydrogen (secondary N) is 1. The summed E-state index contributed by atoms with van der Waals surface area (Å²) in [5, 5.41) is 1.69. The molecule has 0 saturated heterocycles. The first kappa shape index (κ1) is 8.94. The molecule has 2 aromatic rings. The Bertz CT molecular complexity index is 528. The molecule has 14 heavy (non-hydrogen) atoms. The smallest absolute Gasteiger partial charge is 0.255 e. The highest BCUT2D eigenvalue weighted by atomic mass is 16.1. The predicted molar refractivity (Wildman–Crippen MR) is 56.5 cm³/mol. The topological polar surface area (TPSA) is 45.8 Å². The number of aromatic nitrogens is 2.